The van der Waals surface area contributed by atoms with E-state index in [0.29, 0.717) is 6.61 Å². The molecule has 1 rings (SSSR count). The van der Waals surface area contributed by atoms with Crippen LogP contribution in [-0.4, -0.2) is 24.5 Å². The maximum atomic E-state index is 11.9. The van der Waals surface area contributed by atoms with Crippen LogP contribution in [0.4, 0.5) is 0 Å². The van der Waals surface area contributed by atoms with Crippen LogP contribution in [0, 0.1) is 11.8 Å². The third kappa shape index (κ3) is 6.05. The van der Waals surface area contributed by atoms with E-state index in [1.807, 2.05) is 30.3 Å². The van der Waals surface area contributed by atoms with Gasteiger partial charge in [0.2, 0.25) is 5.91 Å². The Bertz CT molecular complexity index is 499. The van der Waals surface area contributed by atoms with Crippen molar-refractivity contribution < 1.29 is 14.3 Å². The molecule has 0 aromatic heterocycles. The molecule has 1 aromatic rings. The van der Waals surface area contributed by atoms with Crippen molar-refractivity contribution >= 4 is 11.9 Å². The summed E-state index contributed by atoms with van der Waals surface area (Å²) in [4.78, 5) is 23.3. The molecule has 0 bridgehead atoms. The lowest BCUT2D eigenvalue weighted by molar-refractivity contribution is -0.143. The summed E-state index contributed by atoms with van der Waals surface area (Å²) in [6, 6.07) is 8.91. The molecule has 0 aliphatic carbocycles. The van der Waals surface area contributed by atoms with Gasteiger partial charge in [0.15, 0.2) is 0 Å². The van der Waals surface area contributed by atoms with Crippen molar-refractivity contribution in [1.29, 1.82) is 0 Å². The van der Waals surface area contributed by atoms with Crippen LogP contribution in [0.15, 0.2) is 30.3 Å². The zero-order valence-corrected chi connectivity index (χ0v) is 11.8. The zero-order valence-electron chi connectivity index (χ0n) is 11.8. The maximum Gasteiger partial charge on any atom is 0.308 e. The van der Waals surface area contributed by atoms with Crippen molar-refractivity contribution in [2.45, 2.75) is 32.7 Å². The summed E-state index contributed by atoms with van der Waals surface area (Å²) in [7, 11) is 0. The SMILES string of the molecule is CC#C[C@@H](CC(=O)OCC)NC(=O)Cc1ccccc1. The first-order valence-corrected chi connectivity index (χ1v) is 6.57. The highest BCUT2D eigenvalue weighted by Crippen LogP contribution is 2.01. The van der Waals surface area contributed by atoms with E-state index in [4.69, 9.17) is 4.74 Å². The number of hydrogen-bond acceptors (Lipinski definition) is 3. The molecule has 0 fully saturated rings. The van der Waals surface area contributed by atoms with E-state index < -0.39 is 6.04 Å². The normalized spacial score (nSPS) is 10.9. The summed E-state index contributed by atoms with van der Waals surface area (Å²) in [6.45, 7) is 3.73. The highest BCUT2D eigenvalue weighted by atomic mass is 16.5. The molecule has 0 unspecified atom stereocenters. The first-order valence-electron chi connectivity index (χ1n) is 6.57. The number of nitrogens with one attached hydrogen (secondary N) is 1. The number of benzene rings is 1. The van der Waals surface area contributed by atoms with Gasteiger partial charge in [0, 0.05) is 0 Å². The highest BCUT2D eigenvalue weighted by Gasteiger charge is 2.15. The molecule has 0 heterocycles. The van der Waals surface area contributed by atoms with Crippen molar-refractivity contribution in [3.05, 3.63) is 35.9 Å². The summed E-state index contributed by atoms with van der Waals surface area (Å²) < 4.78 is 4.86. The second kappa shape index (κ2) is 8.76. The average Bonchev–Trinajstić information content (AvgIpc) is 2.40. The number of rotatable bonds is 6. The topological polar surface area (TPSA) is 55.4 Å². The van der Waals surface area contributed by atoms with Crippen molar-refractivity contribution in [1.82, 2.24) is 5.32 Å². The quantitative estimate of drug-likeness (QED) is 0.634. The fraction of sp³-hybridized carbons (Fsp3) is 0.375. The predicted octanol–water partition coefficient (Wildman–Crippen LogP) is 1.69. The minimum Gasteiger partial charge on any atom is -0.466 e. The van der Waals surface area contributed by atoms with Crippen molar-refractivity contribution in [2.24, 2.45) is 0 Å². The van der Waals surface area contributed by atoms with Crippen LogP contribution in [0.5, 0.6) is 0 Å². The second-order valence-corrected chi connectivity index (χ2v) is 4.19. The largest absolute Gasteiger partial charge is 0.466 e. The number of esters is 1. The van der Waals surface area contributed by atoms with Crippen LogP contribution in [0.25, 0.3) is 0 Å². The Morgan fingerprint density at radius 3 is 2.60 bits per heavy atom. The molecule has 106 valence electrons. The number of amides is 1. The van der Waals surface area contributed by atoms with E-state index in [1.54, 1.807) is 13.8 Å². The van der Waals surface area contributed by atoms with Crippen LogP contribution in [0.2, 0.25) is 0 Å². The van der Waals surface area contributed by atoms with Gasteiger partial charge in [-0.25, -0.2) is 0 Å². The molecule has 4 nitrogen and oxygen atoms in total. The minimum absolute atomic E-state index is 0.0647. The van der Waals surface area contributed by atoms with E-state index in [-0.39, 0.29) is 24.7 Å². The van der Waals surface area contributed by atoms with Crippen LogP contribution in [0.3, 0.4) is 0 Å². The van der Waals surface area contributed by atoms with E-state index in [1.165, 1.54) is 0 Å². The van der Waals surface area contributed by atoms with Gasteiger partial charge in [0.05, 0.1) is 19.4 Å². The third-order valence-corrected chi connectivity index (χ3v) is 2.54. The second-order valence-electron chi connectivity index (χ2n) is 4.19. The van der Waals surface area contributed by atoms with E-state index >= 15 is 0 Å². The van der Waals surface area contributed by atoms with Crippen LogP contribution in [0.1, 0.15) is 25.8 Å². The summed E-state index contributed by atoms with van der Waals surface area (Å²) in [5, 5.41) is 2.74. The summed E-state index contributed by atoms with van der Waals surface area (Å²) in [6.07, 6.45) is 0.334. The molecule has 0 aliphatic heterocycles. The molecular weight excluding hydrogens is 254 g/mol. The first kappa shape index (κ1) is 15.8. The lowest BCUT2D eigenvalue weighted by atomic mass is 10.1. The Hall–Kier alpha value is -2.28. The zero-order chi connectivity index (χ0) is 14.8. The van der Waals surface area contributed by atoms with Crippen LogP contribution < -0.4 is 5.32 Å². The van der Waals surface area contributed by atoms with Gasteiger partial charge in [-0.15, -0.1) is 5.92 Å². The highest BCUT2D eigenvalue weighted by molar-refractivity contribution is 5.80. The number of ether oxygens (including phenoxy) is 1. The summed E-state index contributed by atoms with van der Waals surface area (Å²) in [5.41, 5.74) is 0.921. The number of hydrogen-bond donors (Lipinski definition) is 1. The van der Waals surface area contributed by atoms with E-state index in [9.17, 15) is 9.59 Å². The standard InChI is InChI=1S/C16H19NO3/c1-3-8-14(12-16(19)20-4-2)17-15(18)11-13-9-6-5-7-10-13/h5-7,9-10,14H,4,11-12H2,1-2H3,(H,17,18)/t14-/m0/s1. The van der Waals surface area contributed by atoms with E-state index in [0.717, 1.165) is 5.56 Å². The molecule has 0 saturated heterocycles. The van der Waals surface area contributed by atoms with Gasteiger partial charge in [-0.1, -0.05) is 36.3 Å². The molecular formula is C16H19NO3. The lowest BCUT2D eigenvalue weighted by Gasteiger charge is -2.12. The van der Waals surface area contributed by atoms with Crippen molar-refractivity contribution in [3.8, 4) is 11.8 Å². The Labute approximate surface area is 119 Å². The Morgan fingerprint density at radius 2 is 2.00 bits per heavy atom. The molecule has 1 atom stereocenters. The molecule has 1 N–H and O–H groups in total. The molecule has 1 aromatic carbocycles. The van der Waals surface area contributed by atoms with Gasteiger partial charge < -0.3 is 10.1 Å². The molecule has 0 radical (unpaired) electrons. The minimum atomic E-state index is -0.504. The maximum absolute atomic E-state index is 11.9. The van der Waals surface area contributed by atoms with Crippen LogP contribution >= 0.6 is 0 Å². The smallest absolute Gasteiger partial charge is 0.308 e. The molecule has 0 spiro atoms. The van der Waals surface area contributed by atoms with Crippen LogP contribution in [-0.2, 0) is 20.7 Å². The Morgan fingerprint density at radius 1 is 1.30 bits per heavy atom. The molecule has 0 aliphatic rings. The number of carbonyl (C=O) groups is 2. The average molecular weight is 273 g/mol. The van der Waals surface area contributed by atoms with Gasteiger partial charge in [0.25, 0.3) is 0 Å². The Kier molecular flexibility index (Phi) is 6.91. The third-order valence-electron chi connectivity index (χ3n) is 2.54. The summed E-state index contributed by atoms with van der Waals surface area (Å²) >= 11 is 0. The van der Waals surface area contributed by atoms with Crippen molar-refractivity contribution in [3.63, 3.8) is 0 Å². The molecule has 1 amide bonds. The van der Waals surface area contributed by atoms with Gasteiger partial charge in [-0.2, -0.15) is 0 Å². The fourth-order valence-electron chi connectivity index (χ4n) is 1.73. The number of carbonyl (C=O) groups excluding carboxylic acids is 2. The van der Waals surface area contributed by atoms with Gasteiger partial charge >= 0.3 is 5.97 Å². The molecule has 20 heavy (non-hydrogen) atoms. The molecule has 0 saturated carbocycles. The fourth-order valence-corrected chi connectivity index (χ4v) is 1.73. The lowest BCUT2D eigenvalue weighted by Crippen LogP contribution is -2.36. The van der Waals surface area contributed by atoms with Crippen molar-refractivity contribution in [2.75, 3.05) is 6.61 Å². The summed E-state index contributed by atoms with van der Waals surface area (Å²) in [5.74, 6) is 5.00. The predicted molar refractivity (Wildman–Crippen MR) is 76.8 cm³/mol. The Balaban J connectivity index is 2.54. The monoisotopic (exact) mass is 273 g/mol. The molecule has 4 heteroatoms. The van der Waals surface area contributed by atoms with Gasteiger partial charge in [0.1, 0.15) is 6.04 Å². The van der Waals surface area contributed by atoms with Gasteiger partial charge in [-0.3, -0.25) is 9.59 Å². The van der Waals surface area contributed by atoms with E-state index in [2.05, 4.69) is 17.2 Å². The van der Waals surface area contributed by atoms with Gasteiger partial charge in [-0.05, 0) is 19.4 Å². The first-order chi connectivity index (χ1) is 9.65.